The zero-order chi connectivity index (χ0) is 26.5. The topological polar surface area (TPSA) is 96.5 Å². The smallest absolute Gasteiger partial charge is 0.251 e. The molecule has 0 spiro atoms. The number of ether oxygens (including phenoxy) is 1. The van der Waals surface area contributed by atoms with Crippen molar-refractivity contribution in [3.63, 3.8) is 0 Å². The lowest BCUT2D eigenvalue weighted by Crippen LogP contribution is -2.32. The van der Waals surface area contributed by atoms with Gasteiger partial charge in [-0.3, -0.25) is 14.4 Å². The van der Waals surface area contributed by atoms with Crippen molar-refractivity contribution in [2.24, 2.45) is 5.41 Å². The summed E-state index contributed by atoms with van der Waals surface area (Å²) in [6.07, 6.45) is 2.62. The van der Waals surface area contributed by atoms with E-state index in [9.17, 15) is 18.8 Å². The van der Waals surface area contributed by atoms with Gasteiger partial charge in [-0.1, -0.05) is 20.8 Å². The van der Waals surface area contributed by atoms with E-state index in [1.807, 2.05) is 20.8 Å². The molecule has 0 atom stereocenters. The second-order valence-corrected chi connectivity index (χ2v) is 10.5. The molecule has 0 aromatic heterocycles. The van der Waals surface area contributed by atoms with E-state index < -0.39 is 5.82 Å². The van der Waals surface area contributed by atoms with Crippen LogP contribution in [0.4, 0.5) is 4.39 Å². The van der Waals surface area contributed by atoms with E-state index in [0.29, 0.717) is 47.4 Å². The molecule has 194 valence electrons. The number of amides is 3. The highest BCUT2D eigenvalue weighted by atomic mass is 19.1. The average molecular weight is 498 g/mol. The van der Waals surface area contributed by atoms with E-state index in [-0.39, 0.29) is 41.3 Å². The van der Waals surface area contributed by atoms with Crippen LogP contribution in [0.25, 0.3) is 11.1 Å². The van der Waals surface area contributed by atoms with Gasteiger partial charge in [-0.15, -0.1) is 0 Å². The number of hydrogen-bond donors (Lipinski definition) is 3. The fraction of sp³-hybridized carbons (Fsp3) is 0.464. The fourth-order valence-corrected chi connectivity index (χ4v) is 3.58. The molecule has 36 heavy (non-hydrogen) atoms. The van der Waals surface area contributed by atoms with Gasteiger partial charge in [0.2, 0.25) is 5.91 Å². The Hall–Kier alpha value is -3.42. The number of hydrogen-bond acceptors (Lipinski definition) is 4. The average Bonchev–Trinajstić information content (AvgIpc) is 3.65. The minimum absolute atomic E-state index is 0.0785. The molecule has 3 rings (SSSR count). The third-order valence-electron chi connectivity index (χ3n) is 5.92. The van der Waals surface area contributed by atoms with Gasteiger partial charge in [0, 0.05) is 42.7 Å². The molecule has 0 saturated heterocycles. The van der Waals surface area contributed by atoms with Crippen LogP contribution in [0.3, 0.4) is 0 Å². The van der Waals surface area contributed by atoms with E-state index in [0.717, 1.165) is 12.8 Å². The SMILES string of the molecule is CNC(=O)CCCOc1cc(C(=O)NCC(C)(C)C)ccc1-c1cc(C(=O)NC2CC2)cc(F)c1C. The van der Waals surface area contributed by atoms with Gasteiger partial charge in [0.25, 0.3) is 11.8 Å². The van der Waals surface area contributed by atoms with Crippen LogP contribution in [0.1, 0.15) is 72.7 Å². The fourth-order valence-electron chi connectivity index (χ4n) is 3.58. The summed E-state index contributed by atoms with van der Waals surface area (Å²) in [5.41, 5.74) is 2.02. The van der Waals surface area contributed by atoms with Crippen LogP contribution in [0.2, 0.25) is 0 Å². The van der Waals surface area contributed by atoms with E-state index in [4.69, 9.17) is 4.74 Å². The Morgan fingerprint density at radius 3 is 2.39 bits per heavy atom. The molecular formula is C28H36FN3O4. The number of rotatable bonds is 10. The predicted octanol–water partition coefficient (Wildman–Crippen LogP) is 4.37. The van der Waals surface area contributed by atoms with Gasteiger partial charge < -0.3 is 20.7 Å². The predicted molar refractivity (Wildman–Crippen MR) is 138 cm³/mol. The summed E-state index contributed by atoms with van der Waals surface area (Å²) in [7, 11) is 1.57. The molecule has 3 amide bonds. The summed E-state index contributed by atoms with van der Waals surface area (Å²) in [5, 5.41) is 8.39. The first-order chi connectivity index (χ1) is 17.0. The standard InChI is InChI=1S/C28H36FN3O4/c1-17-22(13-19(14-23(17)29)27(35)32-20-9-10-20)21-11-8-18(26(34)31-16-28(2,3)4)15-24(21)36-12-6-7-25(33)30-5/h8,11,13-15,20H,6-7,9-10,12,16H2,1-5H3,(H,30,33)(H,31,34)(H,32,35). The summed E-state index contributed by atoms with van der Waals surface area (Å²) < 4.78 is 20.9. The maximum absolute atomic E-state index is 14.9. The van der Waals surface area contributed by atoms with Gasteiger partial charge in [0.15, 0.2) is 0 Å². The largest absolute Gasteiger partial charge is 0.493 e. The quantitative estimate of drug-likeness (QED) is 0.425. The third-order valence-corrected chi connectivity index (χ3v) is 5.92. The van der Waals surface area contributed by atoms with Crippen molar-refractivity contribution in [3.05, 3.63) is 52.8 Å². The first-order valence-corrected chi connectivity index (χ1v) is 12.4. The Morgan fingerprint density at radius 1 is 1.03 bits per heavy atom. The molecule has 1 fully saturated rings. The van der Waals surface area contributed by atoms with Gasteiger partial charge in [-0.2, -0.15) is 0 Å². The van der Waals surface area contributed by atoms with Gasteiger partial charge in [0.05, 0.1) is 6.61 Å². The Morgan fingerprint density at radius 2 is 1.75 bits per heavy atom. The maximum Gasteiger partial charge on any atom is 0.251 e. The van der Waals surface area contributed by atoms with Crippen LogP contribution in [-0.2, 0) is 4.79 Å². The van der Waals surface area contributed by atoms with Crippen molar-refractivity contribution in [2.45, 2.75) is 59.4 Å². The minimum atomic E-state index is -0.494. The summed E-state index contributed by atoms with van der Waals surface area (Å²) in [6.45, 7) is 8.46. The molecule has 3 N–H and O–H groups in total. The number of halogens is 1. The molecule has 8 heteroatoms. The van der Waals surface area contributed by atoms with Crippen LogP contribution < -0.4 is 20.7 Å². The Bertz CT molecular complexity index is 1140. The highest BCUT2D eigenvalue weighted by Crippen LogP contribution is 2.35. The molecule has 7 nitrogen and oxygen atoms in total. The minimum Gasteiger partial charge on any atom is -0.493 e. The molecular weight excluding hydrogens is 461 g/mol. The molecule has 0 bridgehead atoms. The highest BCUT2D eigenvalue weighted by molar-refractivity contribution is 5.98. The number of carbonyl (C=O) groups is 3. The van der Waals surface area contributed by atoms with Crippen LogP contribution in [0.15, 0.2) is 30.3 Å². The third kappa shape index (κ3) is 7.54. The summed E-state index contributed by atoms with van der Waals surface area (Å²) >= 11 is 0. The molecule has 1 saturated carbocycles. The molecule has 1 aliphatic rings. The monoisotopic (exact) mass is 497 g/mol. The van der Waals surface area contributed by atoms with Crippen LogP contribution >= 0.6 is 0 Å². The van der Waals surface area contributed by atoms with E-state index in [1.165, 1.54) is 6.07 Å². The second-order valence-electron chi connectivity index (χ2n) is 10.5. The Kier molecular flexibility index (Phi) is 8.71. The van der Waals surface area contributed by atoms with Gasteiger partial charge in [-0.05, 0) is 73.1 Å². The second kappa shape index (κ2) is 11.5. The summed E-state index contributed by atoms with van der Waals surface area (Å²) in [5.74, 6) is -0.763. The van der Waals surface area contributed by atoms with Crippen molar-refractivity contribution < 1.29 is 23.5 Å². The zero-order valence-corrected chi connectivity index (χ0v) is 21.7. The normalized spacial score (nSPS) is 13.2. The summed E-state index contributed by atoms with van der Waals surface area (Å²) in [6, 6.07) is 8.05. The van der Waals surface area contributed by atoms with Crippen molar-refractivity contribution in [1.82, 2.24) is 16.0 Å². The Balaban J connectivity index is 1.94. The van der Waals surface area contributed by atoms with Crippen LogP contribution in [0.5, 0.6) is 5.75 Å². The van der Waals surface area contributed by atoms with Crippen molar-refractivity contribution >= 4 is 17.7 Å². The van der Waals surface area contributed by atoms with E-state index in [1.54, 1.807) is 38.2 Å². The maximum atomic E-state index is 14.9. The van der Waals surface area contributed by atoms with Gasteiger partial charge in [0.1, 0.15) is 11.6 Å². The molecule has 2 aromatic carbocycles. The molecule has 0 radical (unpaired) electrons. The van der Waals surface area contributed by atoms with Crippen molar-refractivity contribution in [1.29, 1.82) is 0 Å². The first kappa shape index (κ1) is 27.2. The Labute approximate surface area is 212 Å². The molecule has 0 unspecified atom stereocenters. The lowest BCUT2D eigenvalue weighted by molar-refractivity contribution is -0.120. The number of carbonyl (C=O) groups excluding carboxylic acids is 3. The van der Waals surface area contributed by atoms with Gasteiger partial charge >= 0.3 is 0 Å². The van der Waals surface area contributed by atoms with Crippen LogP contribution in [0, 0.1) is 18.2 Å². The van der Waals surface area contributed by atoms with Gasteiger partial charge in [-0.25, -0.2) is 4.39 Å². The molecule has 2 aromatic rings. The molecule has 0 heterocycles. The van der Waals surface area contributed by atoms with Crippen LogP contribution in [-0.4, -0.2) is 44.0 Å². The zero-order valence-electron chi connectivity index (χ0n) is 21.7. The lowest BCUT2D eigenvalue weighted by atomic mass is 9.95. The van der Waals surface area contributed by atoms with Crippen molar-refractivity contribution in [2.75, 3.05) is 20.2 Å². The van der Waals surface area contributed by atoms with E-state index in [2.05, 4.69) is 16.0 Å². The lowest BCUT2D eigenvalue weighted by Gasteiger charge is -2.19. The van der Waals surface area contributed by atoms with Crippen molar-refractivity contribution in [3.8, 4) is 16.9 Å². The first-order valence-electron chi connectivity index (χ1n) is 12.4. The number of nitrogens with one attached hydrogen (secondary N) is 3. The molecule has 0 aliphatic heterocycles. The highest BCUT2D eigenvalue weighted by Gasteiger charge is 2.25. The molecule has 1 aliphatic carbocycles. The number of benzene rings is 2. The summed E-state index contributed by atoms with van der Waals surface area (Å²) in [4.78, 5) is 37.0. The van der Waals surface area contributed by atoms with E-state index >= 15 is 0 Å².